The third-order valence-electron chi connectivity index (χ3n) is 5.89. The van der Waals surface area contributed by atoms with Crippen molar-refractivity contribution >= 4 is 41.7 Å². The van der Waals surface area contributed by atoms with Crippen LogP contribution in [0, 0.1) is 0 Å². The number of H-pyrrole nitrogens is 1. The van der Waals surface area contributed by atoms with E-state index in [2.05, 4.69) is 98.8 Å². The minimum Gasteiger partial charge on any atom is -0.358 e. The highest BCUT2D eigenvalue weighted by atomic mass is 35.5. The highest BCUT2D eigenvalue weighted by Gasteiger charge is 2.15. The number of aryl methyl sites for hydroxylation is 1. The highest BCUT2D eigenvalue weighted by molar-refractivity contribution is 7.97. The lowest BCUT2D eigenvalue weighted by Crippen LogP contribution is -2.30. The Kier molecular flexibility index (Phi) is 13.6. The molecule has 1 aromatic carbocycles. The molecule has 1 aromatic heterocycles. The fourth-order valence-corrected chi connectivity index (χ4v) is 4.94. The smallest absolute Gasteiger partial charge is 0.134 e. The zero-order valence-corrected chi connectivity index (χ0v) is 23.6. The van der Waals surface area contributed by atoms with Crippen LogP contribution >= 0.6 is 23.5 Å². The number of benzene rings is 1. The molecule has 8 heteroatoms. The first-order valence-corrected chi connectivity index (χ1v) is 13.8. The fraction of sp³-hybridized carbons (Fsp3) is 0.429. The highest BCUT2D eigenvalue weighted by Crippen LogP contribution is 2.26. The third kappa shape index (κ3) is 9.28. The van der Waals surface area contributed by atoms with Crippen molar-refractivity contribution in [1.29, 1.82) is 0 Å². The molecule has 0 unspecified atom stereocenters. The number of aromatic amines is 1. The molecule has 0 spiro atoms. The van der Waals surface area contributed by atoms with Gasteiger partial charge in [-0.1, -0.05) is 43.0 Å². The number of carbonyl (C=O) groups excluding carboxylic acids is 1. The van der Waals surface area contributed by atoms with Crippen LogP contribution < -0.4 is 0 Å². The normalized spacial score (nSPS) is 13.3. The summed E-state index contributed by atoms with van der Waals surface area (Å²) < 4.78 is 2.11. The van der Waals surface area contributed by atoms with E-state index in [9.17, 15) is 4.79 Å². The van der Waals surface area contributed by atoms with Gasteiger partial charge in [-0.2, -0.15) is 0 Å². The van der Waals surface area contributed by atoms with Crippen molar-refractivity contribution in [2.75, 3.05) is 53.2 Å². The Morgan fingerprint density at radius 1 is 1.25 bits per heavy atom. The maximum atomic E-state index is 11.3. The van der Waals surface area contributed by atoms with Crippen molar-refractivity contribution in [2.24, 2.45) is 4.99 Å². The van der Waals surface area contributed by atoms with Gasteiger partial charge in [-0.05, 0) is 62.0 Å². The Balaban J connectivity index is 0.00000222. The molecule has 1 aliphatic rings. The van der Waals surface area contributed by atoms with E-state index in [1.165, 1.54) is 23.1 Å². The Hall–Kier alpha value is -2.32. The van der Waals surface area contributed by atoms with Gasteiger partial charge in [-0.25, -0.2) is 4.31 Å². The lowest BCUT2D eigenvalue weighted by Gasteiger charge is -2.22. The maximum Gasteiger partial charge on any atom is 0.134 e. The summed E-state index contributed by atoms with van der Waals surface area (Å²) in [5.41, 5.74) is 4.77. The van der Waals surface area contributed by atoms with E-state index in [-0.39, 0.29) is 0 Å². The largest absolute Gasteiger partial charge is 0.358 e. The van der Waals surface area contributed by atoms with E-state index < -0.39 is 0 Å². The van der Waals surface area contributed by atoms with Crippen LogP contribution in [0.2, 0.25) is 0 Å². The molecule has 0 amide bonds. The Labute approximate surface area is 226 Å². The van der Waals surface area contributed by atoms with Gasteiger partial charge in [0.2, 0.25) is 0 Å². The predicted octanol–water partition coefficient (Wildman–Crippen LogP) is 5.35. The molecule has 0 fully saturated rings. The summed E-state index contributed by atoms with van der Waals surface area (Å²) in [5.74, 6) is 1.08. The average molecular weight is 530 g/mol. The monoisotopic (exact) mass is 529 g/mol. The Morgan fingerprint density at radius 3 is 2.61 bits per heavy atom. The van der Waals surface area contributed by atoms with E-state index in [0.29, 0.717) is 6.54 Å². The van der Waals surface area contributed by atoms with Gasteiger partial charge in [0.25, 0.3) is 0 Å². The summed E-state index contributed by atoms with van der Waals surface area (Å²) in [6.07, 6.45) is 10.6. The van der Waals surface area contributed by atoms with E-state index in [4.69, 9.17) is 0 Å². The molecular formula is C28H40ClN5OS. The van der Waals surface area contributed by atoms with Crippen LogP contribution in [-0.4, -0.2) is 84.4 Å². The van der Waals surface area contributed by atoms with Gasteiger partial charge in [-0.15, -0.1) is 11.6 Å². The zero-order chi connectivity index (χ0) is 26.3. The number of halogens is 1. The van der Waals surface area contributed by atoms with Gasteiger partial charge in [-0.3, -0.25) is 4.99 Å². The first kappa shape index (κ1) is 29.9. The molecule has 6 nitrogen and oxygen atoms in total. The van der Waals surface area contributed by atoms with E-state index in [1.54, 1.807) is 11.9 Å². The molecule has 2 aromatic rings. The molecule has 1 aliphatic heterocycles. The second-order valence-electron chi connectivity index (χ2n) is 8.59. The number of carbonyl (C=O) groups is 1. The lowest BCUT2D eigenvalue weighted by atomic mass is 10.1. The van der Waals surface area contributed by atoms with Crippen LogP contribution in [-0.2, 0) is 17.8 Å². The van der Waals surface area contributed by atoms with E-state index >= 15 is 0 Å². The second kappa shape index (κ2) is 16.4. The van der Waals surface area contributed by atoms with Crippen LogP contribution in [0.3, 0.4) is 0 Å². The summed E-state index contributed by atoms with van der Waals surface area (Å²) in [6.45, 7) is 10.7. The number of hydrogen-bond acceptors (Lipinski definition) is 6. The number of likely N-dealkylation sites (N-methyl/N-ethyl adjacent to an activating group) is 2. The molecule has 196 valence electrons. The maximum absolute atomic E-state index is 11.3. The summed E-state index contributed by atoms with van der Waals surface area (Å²) in [6, 6.07) is 10.9. The average Bonchev–Trinajstić information content (AvgIpc) is 3.50. The molecular weight excluding hydrogens is 490 g/mol. The number of nitrogens with one attached hydrogen (secondary N) is 1. The zero-order valence-electron chi connectivity index (χ0n) is 22.0. The minimum absolute atomic E-state index is 0.388. The van der Waals surface area contributed by atoms with Crippen LogP contribution in [0.1, 0.15) is 35.7 Å². The lowest BCUT2D eigenvalue weighted by molar-refractivity contribution is -0.108. The first-order valence-electron chi connectivity index (χ1n) is 12.3. The van der Waals surface area contributed by atoms with Gasteiger partial charge in [0, 0.05) is 50.9 Å². The van der Waals surface area contributed by atoms with E-state index in [1.807, 2.05) is 13.0 Å². The predicted molar refractivity (Wildman–Crippen MR) is 156 cm³/mol. The fourth-order valence-electron chi connectivity index (χ4n) is 4.00. The van der Waals surface area contributed by atoms with Crippen LogP contribution in [0.5, 0.6) is 0 Å². The molecule has 0 bridgehead atoms. The summed E-state index contributed by atoms with van der Waals surface area (Å²) in [4.78, 5) is 23.8. The van der Waals surface area contributed by atoms with Gasteiger partial charge in [0.05, 0.1) is 18.1 Å². The van der Waals surface area contributed by atoms with Crippen LogP contribution in [0.25, 0.3) is 6.08 Å². The quantitative estimate of drug-likeness (QED) is 0.155. The number of aldehydes is 1. The molecule has 0 aliphatic carbocycles. The number of rotatable bonds is 14. The van der Waals surface area contributed by atoms with Crippen molar-refractivity contribution in [3.05, 3.63) is 71.4 Å². The number of nitrogens with zero attached hydrogens (tertiary/aromatic N) is 4. The topological polar surface area (TPSA) is 54.9 Å². The van der Waals surface area contributed by atoms with Crippen LogP contribution in [0.15, 0.2) is 59.1 Å². The van der Waals surface area contributed by atoms with Crippen molar-refractivity contribution in [3.63, 3.8) is 0 Å². The van der Waals surface area contributed by atoms with E-state index in [0.717, 1.165) is 68.4 Å². The summed E-state index contributed by atoms with van der Waals surface area (Å²) in [5, 5.41) is 1.05. The first-order chi connectivity index (χ1) is 17.5. The summed E-state index contributed by atoms with van der Waals surface area (Å²) >= 11 is 6.24. The molecule has 1 N–H and O–H groups in total. The van der Waals surface area contributed by atoms with Crippen molar-refractivity contribution in [1.82, 2.24) is 19.1 Å². The van der Waals surface area contributed by atoms with Gasteiger partial charge < -0.3 is 19.6 Å². The van der Waals surface area contributed by atoms with Crippen molar-refractivity contribution in [3.8, 4) is 0 Å². The molecule has 36 heavy (non-hydrogen) atoms. The van der Waals surface area contributed by atoms with Gasteiger partial charge in [0.1, 0.15) is 12.1 Å². The second-order valence-corrected chi connectivity index (χ2v) is 9.73. The Bertz CT molecular complexity index is 1000. The molecule has 0 atom stereocenters. The summed E-state index contributed by atoms with van der Waals surface area (Å²) in [7, 11) is 4.21. The SMILES string of the molecule is C=Cc1[nH]c(SN(CC=O)CCN(C)Cc2ccc(C3=NCCN3C)cc2)cc1CC/C=C\C.CCl. The van der Waals surface area contributed by atoms with Crippen molar-refractivity contribution < 1.29 is 4.79 Å². The minimum atomic E-state index is 0.388. The number of aliphatic imine (C=N–C) groups is 1. The molecule has 0 saturated carbocycles. The van der Waals surface area contributed by atoms with Gasteiger partial charge >= 0.3 is 0 Å². The standard InChI is InChI=1S/C27H37N5OS.CH3Cl/c1-5-7-8-9-24-20-26(29-25(24)6-2)34-32(18-19-33)17-16-30(3)21-22-10-12-23(13-11-22)27-28-14-15-31(27)4;1-2/h5-7,10-13,19-20,29H,2,8-9,14-18,21H2,1,3-4H3;1H3/b7-5-;. The Morgan fingerprint density at radius 2 is 2.00 bits per heavy atom. The van der Waals surface area contributed by atoms with Gasteiger partial charge in [0.15, 0.2) is 0 Å². The molecule has 0 saturated heterocycles. The van der Waals surface area contributed by atoms with Crippen LogP contribution in [0.4, 0.5) is 0 Å². The molecule has 3 rings (SSSR count). The number of aromatic nitrogens is 1. The van der Waals surface area contributed by atoms with Crippen molar-refractivity contribution in [2.45, 2.75) is 31.3 Å². The number of allylic oxidation sites excluding steroid dienone is 2. The molecule has 2 heterocycles. The number of alkyl halides is 1. The number of hydrogen-bond donors (Lipinski definition) is 1. The third-order valence-corrected chi connectivity index (χ3v) is 6.90. The molecule has 0 radical (unpaired) electrons. The number of amidine groups is 1.